The van der Waals surface area contributed by atoms with Crippen molar-refractivity contribution in [3.8, 4) is 50.2 Å². The zero-order chi connectivity index (χ0) is 44.2. The van der Waals surface area contributed by atoms with E-state index in [1.54, 1.807) is 0 Å². The van der Waals surface area contributed by atoms with Crippen LogP contribution in [0.2, 0.25) is 0 Å². The number of fused-ring (bicyclic) bond motifs is 12. The molecule has 2 aliphatic rings. The molecule has 13 rings (SSSR count). The zero-order valence-corrected chi connectivity index (χ0v) is 36.3. The number of aromatic nitrogens is 1. The summed E-state index contributed by atoms with van der Waals surface area (Å²) < 4.78 is 2.45. The van der Waals surface area contributed by atoms with Crippen molar-refractivity contribution in [2.45, 2.75) is 11.8 Å². The summed E-state index contributed by atoms with van der Waals surface area (Å²) in [5, 5.41) is 11.2. The van der Waals surface area contributed by atoms with E-state index in [0.717, 1.165) is 34.2 Å². The largest absolute Gasteiger partial charge is 0.384 e. The topological polar surface area (TPSA) is 54.8 Å². The number of rotatable bonds is 6. The number of hydrogen-bond donors (Lipinski definition) is 2. The van der Waals surface area contributed by atoms with E-state index in [-0.39, 0.29) is 5.84 Å². The highest BCUT2D eigenvalue weighted by atomic mass is 15.0. The third-order valence-corrected chi connectivity index (χ3v) is 13.7. The third kappa shape index (κ3) is 6.23. The predicted molar refractivity (Wildman–Crippen MR) is 275 cm³/mol. The van der Waals surface area contributed by atoms with E-state index in [1.165, 1.54) is 83.1 Å². The summed E-state index contributed by atoms with van der Waals surface area (Å²) in [6.45, 7) is 0. The van der Waals surface area contributed by atoms with Crippen LogP contribution in [0.3, 0.4) is 0 Å². The highest BCUT2D eigenvalue weighted by molar-refractivity contribution is 6.14. The van der Waals surface area contributed by atoms with Gasteiger partial charge in [0.2, 0.25) is 0 Å². The van der Waals surface area contributed by atoms with E-state index in [0.29, 0.717) is 0 Å². The normalized spacial score (nSPS) is 14.0. The zero-order valence-electron chi connectivity index (χ0n) is 36.3. The van der Waals surface area contributed by atoms with Gasteiger partial charge >= 0.3 is 0 Å². The minimum absolute atomic E-state index is 0.0812. The molecule has 0 saturated carbocycles. The van der Waals surface area contributed by atoms with Crippen LogP contribution in [0.25, 0.3) is 72.0 Å². The molecule has 3 heteroatoms. The summed E-state index contributed by atoms with van der Waals surface area (Å²) in [7, 11) is 0. The molecule has 66 heavy (non-hydrogen) atoms. The summed E-state index contributed by atoms with van der Waals surface area (Å²) in [5.74, 6) is 0.0812. The average molecular weight is 844 g/mol. The standard InChI is InChI=1S/C44H29N3.C19H16/c45-43(46)33-17-10-19-37-41(33)34-26-30(29-14-8-13-28(25-29)27-11-2-1-3-12-27)23-24-35(34)44(37)36-18-5-7-22-40(36)47-39-21-6-4-15-31(39)32-16-9-20-38(44)42(32)47;1-3-7-16(8-4-1)15-17-11-13-19(14-12-17)18-9-5-2-6-10-18/h1-26H,(H3,45,46);1-14H,15H2. The van der Waals surface area contributed by atoms with E-state index in [4.69, 9.17) is 11.1 Å². The Balaban J connectivity index is 0.000000201. The second kappa shape index (κ2) is 15.9. The van der Waals surface area contributed by atoms with E-state index >= 15 is 0 Å². The number of nitrogens with zero attached hydrogens (tertiary/aromatic N) is 1. The van der Waals surface area contributed by atoms with Gasteiger partial charge in [0.05, 0.1) is 22.1 Å². The maximum atomic E-state index is 8.71. The van der Waals surface area contributed by atoms with Gasteiger partial charge in [0, 0.05) is 16.3 Å². The number of para-hydroxylation sites is 3. The van der Waals surface area contributed by atoms with E-state index in [2.05, 4.69) is 235 Å². The molecule has 1 atom stereocenters. The first-order chi connectivity index (χ1) is 32.6. The summed E-state index contributed by atoms with van der Waals surface area (Å²) >= 11 is 0. The van der Waals surface area contributed by atoms with Gasteiger partial charge in [-0.05, 0) is 109 Å². The summed E-state index contributed by atoms with van der Waals surface area (Å²) in [6, 6.07) is 86.8. The molecule has 11 aromatic rings. The van der Waals surface area contributed by atoms with Crippen LogP contribution in [0.5, 0.6) is 0 Å². The summed E-state index contributed by atoms with van der Waals surface area (Å²) in [4.78, 5) is 0. The van der Waals surface area contributed by atoms with Crippen molar-refractivity contribution < 1.29 is 0 Å². The minimum atomic E-state index is -0.582. The third-order valence-electron chi connectivity index (χ3n) is 13.7. The van der Waals surface area contributed by atoms with Gasteiger partial charge in [-0.2, -0.15) is 0 Å². The first-order valence-electron chi connectivity index (χ1n) is 22.7. The van der Waals surface area contributed by atoms with Crippen LogP contribution in [0.1, 0.15) is 38.9 Å². The molecule has 1 aliphatic carbocycles. The monoisotopic (exact) mass is 843 g/mol. The molecular weight excluding hydrogens is 799 g/mol. The Morgan fingerprint density at radius 2 is 0.924 bits per heavy atom. The molecule has 0 bridgehead atoms. The fourth-order valence-electron chi connectivity index (χ4n) is 10.9. The van der Waals surface area contributed by atoms with Crippen LogP contribution >= 0.6 is 0 Å². The van der Waals surface area contributed by atoms with Crippen molar-refractivity contribution in [2.75, 3.05) is 0 Å². The van der Waals surface area contributed by atoms with Gasteiger partial charge in [0.1, 0.15) is 5.84 Å². The van der Waals surface area contributed by atoms with E-state index in [9.17, 15) is 0 Å². The number of nitrogen functional groups attached to an aromatic ring is 1. The Hall–Kier alpha value is -8.53. The maximum Gasteiger partial charge on any atom is 0.123 e. The highest BCUT2D eigenvalue weighted by Crippen LogP contribution is 2.62. The lowest BCUT2D eigenvalue weighted by atomic mass is 9.65. The van der Waals surface area contributed by atoms with E-state index < -0.39 is 5.41 Å². The Labute approximate surface area is 385 Å². The lowest BCUT2D eigenvalue weighted by Gasteiger charge is -2.39. The molecule has 10 aromatic carbocycles. The van der Waals surface area contributed by atoms with Crippen LogP contribution < -0.4 is 5.73 Å². The van der Waals surface area contributed by atoms with Crippen molar-refractivity contribution in [3.05, 3.63) is 282 Å². The van der Waals surface area contributed by atoms with Crippen molar-refractivity contribution >= 4 is 27.6 Å². The molecule has 0 fully saturated rings. The molecular formula is C63H45N3. The van der Waals surface area contributed by atoms with Crippen LogP contribution in [-0.2, 0) is 11.8 Å². The number of nitrogens with one attached hydrogen (secondary N) is 1. The molecule has 312 valence electrons. The Kier molecular flexibility index (Phi) is 9.43. The number of benzene rings is 10. The molecule has 1 aromatic heterocycles. The Bertz CT molecular complexity index is 3620. The SMILES string of the molecule is N=C(N)c1cccc2c1-c1cc(-c3cccc(-c4ccccc4)c3)ccc1C21c2ccccc2-n2c3ccccc3c3cccc1c32.c1ccc(Cc2ccc(-c3ccccc3)cc2)cc1. The fraction of sp³-hybridized carbons (Fsp3) is 0.0317. The Morgan fingerprint density at radius 1 is 0.409 bits per heavy atom. The van der Waals surface area contributed by atoms with Gasteiger partial charge in [-0.15, -0.1) is 0 Å². The number of nitrogens with two attached hydrogens (primary N) is 1. The molecule has 1 spiro atoms. The van der Waals surface area contributed by atoms with Crippen LogP contribution in [0, 0.1) is 5.41 Å². The molecule has 0 amide bonds. The summed E-state index contributed by atoms with van der Waals surface area (Å²) in [5.41, 5.74) is 27.2. The van der Waals surface area contributed by atoms with E-state index in [1.807, 2.05) is 12.1 Å². The molecule has 1 unspecified atom stereocenters. The maximum absolute atomic E-state index is 8.71. The molecule has 0 saturated heterocycles. The second-order valence-corrected chi connectivity index (χ2v) is 17.4. The molecule has 0 radical (unpaired) electrons. The van der Waals surface area contributed by atoms with Crippen molar-refractivity contribution in [3.63, 3.8) is 0 Å². The molecule has 1 aliphatic heterocycles. The fourth-order valence-corrected chi connectivity index (χ4v) is 10.9. The van der Waals surface area contributed by atoms with Gasteiger partial charge < -0.3 is 10.3 Å². The quantitative estimate of drug-likeness (QED) is 0.127. The lowest BCUT2D eigenvalue weighted by molar-refractivity contribution is 0.748. The Morgan fingerprint density at radius 3 is 1.68 bits per heavy atom. The minimum Gasteiger partial charge on any atom is -0.384 e. The predicted octanol–water partition coefficient (Wildman–Crippen LogP) is 15.0. The van der Waals surface area contributed by atoms with Crippen LogP contribution in [-0.4, -0.2) is 10.4 Å². The first-order valence-corrected chi connectivity index (χ1v) is 22.7. The van der Waals surface area contributed by atoms with Crippen molar-refractivity contribution in [1.82, 2.24) is 4.57 Å². The molecule has 3 N–H and O–H groups in total. The van der Waals surface area contributed by atoms with Gasteiger partial charge in [0.15, 0.2) is 0 Å². The van der Waals surface area contributed by atoms with Crippen molar-refractivity contribution in [1.29, 1.82) is 5.41 Å². The summed E-state index contributed by atoms with van der Waals surface area (Å²) in [6.07, 6.45) is 0.996. The van der Waals surface area contributed by atoms with Crippen molar-refractivity contribution in [2.24, 2.45) is 5.73 Å². The number of hydrogen-bond acceptors (Lipinski definition) is 1. The molecule has 2 heterocycles. The average Bonchev–Trinajstić information content (AvgIpc) is 3.88. The highest BCUT2D eigenvalue weighted by Gasteiger charge is 2.51. The lowest BCUT2D eigenvalue weighted by Crippen LogP contribution is -2.33. The van der Waals surface area contributed by atoms with Gasteiger partial charge in [-0.3, -0.25) is 5.41 Å². The first kappa shape index (κ1) is 39.1. The van der Waals surface area contributed by atoms with Gasteiger partial charge in [0.25, 0.3) is 0 Å². The van der Waals surface area contributed by atoms with Crippen LogP contribution in [0.15, 0.2) is 243 Å². The second-order valence-electron chi connectivity index (χ2n) is 17.4. The smallest absolute Gasteiger partial charge is 0.123 e. The molecule has 3 nitrogen and oxygen atoms in total. The number of amidine groups is 1. The van der Waals surface area contributed by atoms with Gasteiger partial charge in [-0.1, -0.05) is 218 Å². The van der Waals surface area contributed by atoms with Crippen LogP contribution in [0.4, 0.5) is 0 Å². The van der Waals surface area contributed by atoms with Gasteiger partial charge in [-0.25, -0.2) is 0 Å².